The first kappa shape index (κ1) is 15.9. The molecule has 0 unspecified atom stereocenters. The third kappa shape index (κ3) is 4.22. The maximum Gasteiger partial charge on any atom is 0.266 e. The number of piperidine rings is 1. The van der Waals surface area contributed by atoms with Gasteiger partial charge in [-0.2, -0.15) is 5.26 Å². The van der Waals surface area contributed by atoms with E-state index in [-0.39, 0.29) is 17.5 Å². The van der Waals surface area contributed by atoms with Crippen LogP contribution in [-0.2, 0) is 4.79 Å². The highest BCUT2D eigenvalue weighted by Crippen LogP contribution is 2.16. The molecular weight excluding hydrogens is 286 g/mol. The lowest BCUT2D eigenvalue weighted by atomic mass is 10.0. The summed E-state index contributed by atoms with van der Waals surface area (Å²) in [7, 11) is 3.87. The monoisotopic (exact) mass is 307 g/mol. The predicted molar refractivity (Wildman–Crippen MR) is 84.9 cm³/mol. The SMILES string of the molecule is CN1CCC(N(C)C(=O)/C(C#N)=C\NC2=NCCS2)CC1. The summed E-state index contributed by atoms with van der Waals surface area (Å²) in [5.74, 6) is 0.727. The molecule has 0 bridgehead atoms. The zero-order valence-electron chi connectivity index (χ0n) is 12.5. The van der Waals surface area contributed by atoms with Crippen LogP contribution in [0.1, 0.15) is 12.8 Å². The van der Waals surface area contributed by atoms with E-state index in [1.54, 1.807) is 23.7 Å². The van der Waals surface area contributed by atoms with Gasteiger partial charge >= 0.3 is 0 Å². The van der Waals surface area contributed by atoms with Crippen molar-refractivity contribution >= 4 is 22.8 Å². The van der Waals surface area contributed by atoms with Gasteiger partial charge in [-0.05, 0) is 33.0 Å². The van der Waals surface area contributed by atoms with E-state index in [0.717, 1.165) is 43.4 Å². The molecule has 0 spiro atoms. The van der Waals surface area contributed by atoms with Crippen molar-refractivity contribution in [3.63, 3.8) is 0 Å². The summed E-state index contributed by atoms with van der Waals surface area (Å²) in [4.78, 5) is 20.6. The Morgan fingerprint density at radius 3 is 2.86 bits per heavy atom. The number of hydrogen-bond donors (Lipinski definition) is 1. The molecular formula is C14H21N5OS. The number of aliphatic imine (C=N–C) groups is 1. The molecule has 2 aliphatic rings. The van der Waals surface area contributed by atoms with Gasteiger partial charge in [-0.25, -0.2) is 0 Å². The van der Waals surface area contributed by atoms with E-state index in [9.17, 15) is 10.1 Å². The summed E-state index contributed by atoms with van der Waals surface area (Å²) in [5, 5.41) is 12.9. The minimum absolute atomic E-state index is 0.131. The van der Waals surface area contributed by atoms with Gasteiger partial charge in [-0.1, -0.05) is 11.8 Å². The largest absolute Gasteiger partial charge is 0.340 e. The van der Waals surface area contributed by atoms with Gasteiger partial charge in [-0.15, -0.1) is 0 Å². The van der Waals surface area contributed by atoms with Crippen molar-refractivity contribution in [3.05, 3.63) is 11.8 Å². The Hall–Kier alpha value is -1.52. The average molecular weight is 307 g/mol. The molecule has 2 rings (SSSR count). The summed E-state index contributed by atoms with van der Waals surface area (Å²) in [6.07, 6.45) is 3.38. The number of likely N-dealkylation sites (N-methyl/N-ethyl adjacent to an activating group) is 1. The van der Waals surface area contributed by atoms with Crippen molar-refractivity contribution in [2.75, 3.05) is 39.5 Å². The number of rotatable bonds is 3. The minimum atomic E-state index is -0.219. The number of nitriles is 1. The van der Waals surface area contributed by atoms with Crippen LogP contribution < -0.4 is 5.32 Å². The Balaban J connectivity index is 1.95. The predicted octanol–water partition coefficient (Wildman–Crippen LogP) is 0.639. The van der Waals surface area contributed by atoms with Crippen LogP contribution in [0.25, 0.3) is 0 Å². The summed E-state index contributed by atoms with van der Waals surface area (Å²) < 4.78 is 0. The van der Waals surface area contributed by atoms with E-state index in [1.807, 2.05) is 6.07 Å². The molecule has 0 atom stereocenters. The fourth-order valence-electron chi connectivity index (χ4n) is 2.44. The van der Waals surface area contributed by atoms with Crippen molar-refractivity contribution in [2.45, 2.75) is 18.9 Å². The van der Waals surface area contributed by atoms with Crippen molar-refractivity contribution < 1.29 is 4.79 Å². The Morgan fingerprint density at radius 1 is 1.57 bits per heavy atom. The van der Waals surface area contributed by atoms with E-state index in [1.165, 1.54) is 6.20 Å². The van der Waals surface area contributed by atoms with Gasteiger partial charge < -0.3 is 15.1 Å². The first-order valence-electron chi connectivity index (χ1n) is 7.11. The highest BCUT2D eigenvalue weighted by molar-refractivity contribution is 8.14. The van der Waals surface area contributed by atoms with Crippen LogP contribution in [0.2, 0.25) is 0 Å². The first-order chi connectivity index (χ1) is 10.1. The zero-order valence-corrected chi connectivity index (χ0v) is 13.3. The molecule has 7 heteroatoms. The molecule has 21 heavy (non-hydrogen) atoms. The van der Waals surface area contributed by atoms with E-state index >= 15 is 0 Å². The second kappa shape index (κ2) is 7.48. The molecule has 0 aliphatic carbocycles. The minimum Gasteiger partial charge on any atom is -0.340 e. The fraction of sp³-hybridized carbons (Fsp3) is 0.643. The number of amides is 1. The number of hydrogen-bond acceptors (Lipinski definition) is 6. The number of nitrogens with one attached hydrogen (secondary N) is 1. The molecule has 6 nitrogen and oxygen atoms in total. The normalized spacial score (nSPS) is 20.8. The second-order valence-electron chi connectivity index (χ2n) is 5.30. The van der Waals surface area contributed by atoms with Gasteiger partial charge in [0.15, 0.2) is 5.17 Å². The smallest absolute Gasteiger partial charge is 0.266 e. The first-order valence-corrected chi connectivity index (χ1v) is 8.10. The molecule has 2 aliphatic heterocycles. The third-order valence-electron chi connectivity index (χ3n) is 3.83. The van der Waals surface area contributed by atoms with Crippen LogP contribution in [0.4, 0.5) is 0 Å². The lowest BCUT2D eigenvalue weighted by Gasteiger charge is -2.34. The van der Waals surface area contributed by atoms with Crippen molar-refractivity contribution in [2.24, 2.45) is 4.99 Å². The Bertz CT molecular complexity index is 488. The topological polar surface area (TPSA) is 71.7 Å². The molecule has 114 valence electrons. The summed E-state index contributed by atoms with van der Waals surface area (Å²) in [6, 6.07) is 2.20. The molecule has 1 amide bonds. The summed E-state index contributed by atoms with van der Waals surface area (Å²) in [5.41, 5.74) is 0.131. The van der Waals surface area contributed by atoms with Gasteiger partial charge in [-0.3, -0.25) is 9.79 Å². The average Bonchev–Trinajstić information content (AvgIpc) is 3.01. The highest BCUT2D eigenvalue weighted by Gasteiger charge is 2.26. The van der Waals surface area contributed by atoms with Crippen molar-refractivity contribution in [1.82, 2.24) is 15.1 Å². The van der Waals surface area contributed by atoms with Crippen LogP contribution in [0.5, 0.6) is 0 Å². The number of thioether (sulfide) groups is 1. The molecule has 2 heterocycles. The van der Waals surface area contributed by atoms with Gasteiger partial charge in [0, 0.05) is 25.0 Å². The number of nitrogens with zero attached hydrogens (tertiary/aromatic N) is 4. The van der Waals surface area contributed by atoms with Crippen LogP contribution in [-0.4, -0.2) is 66.4 Å². The molecule has 0 aromatic rings. The quantitative estimate of drug-likeness (QED) is 0.612. The summed E-state index contributed by atoms with van der Waals surface area (Å²) >= 11 is 1.60. The Labute approximate surface area is 129 Å². The van der Waals surface area contributed by atoms with Crippen molar-refractivity contribution in [1.29, 1.82) is 5.26 Å². The van der Waals surface area contributed by atoms with Gasteiger partial charge in [0.1, 0.15) is 11.6 Å². The summed E-state index contributed by atoms with van der Waals surface area (Å²) in [6.45, 7) is 2.76. The van der Waals surface area contributed by atoms with Crippen LogP contribution in [0.3, 0.4) is 0 Å². The van der Waals surface area contributed by atoms with E-state index in [0.29, 0.717) is 0 Å². The van der Waals surface area contributed by atoms with Gasteiger partial charge in [0.2, 0.25) is 0 Å². The van der Waals surface area contributed by atoms with E-state index < -0.39 is 0 Å². The molecule has 0 saturated carbocycles. The molecule has 0 aromatic heterocycles. The number of amidine groups is 1. The molecule has 1 saturated heterocycles. The molecule has 0 radical (unpaired) electrons. The van der Waals surface area contributed by atoms with Gasteiger partial charge in [0.25, 0.3) is 5.91 Å². The Kier molecular flexibility index (Phi) is 5.65. The highest BCUT2D eigenvalue weighted by atomic mass is 32.2. The molecule has 0 aromatic carbocycles. The second-order valence-corrected chi connectivity index (χ2v) is 6.38. The van der Waals surface area contributed by atoms with Crippen LogP contribution >= 0.6 is 11.8 Å². The van der Waals surface area contributed by atoms with Crippen LogP contribution in [0, 0.1) is 11.3 Å². The molecule has 1 N–H and O–H groups in total. The standard InChI is InChI=1S/C14H21N5OS/c1-18-6-3-12(4-7-18)19(2)13(20)11(9-15)10-17-14-16-5-8-21-14/h10,12H,3-8H2,1-2H3,(H,16,17)/b11-10-. The maximum absolute atomic E-state index is 12.4. The lowest BCUT2D eigenvalue weighted by molar-refractivity contribution is -0.128. The van der Waals surface area contributed by atoms with Crippen LogP contribution in [0.15, 0.2) is 16.8 Å². The Morgan fingerprint density at radius 2 is 2.29 bits per heavy atom. The third-order valence-corrected chi connectivity index (χ3v) is 4.74. The lowest BCUT2D eigenvalue weighted by Crippen LogP contribution is -2.45. The van der Waals surface area contributed by atoms with E-state index in [4.69, 9.17) is 0 Å². The molecule has 1 fully saturated rings. The van der Waals surface area contributed by atoms with E-state index in [2.05, 4.69) is 22.3 Å². The number of likely N-dealkylation sites (tertiary alicyclic amines) is 1. The van der Waals surface area contributed by atoms with Gasteiger partial charge in [0.05, 0.1) is 6.54 Å². The number of carbonyl (C=O) groups is 1. The number of carbonyl (C=O) groups excluding carboxylic acids is 1. The zero-order chi connectivity index (χ0) is 15.2. The maximum atomic E-state index is 12.4. The fourth-order valence-corrected chi connectivity index (χ4v) is 3.14. The van der Waals surface area contributed by atoms with Crippen molar-refractivity contribution in [3.8, 4) is 6.07 Å².